The van der Waals surface area contributed by atoms with E-state index in [0.717, 1.165) is 10.9 Å². The molecule has 0 amide bonds. The summed E-state index contributed by atoms with van der Waals surface area (Å²) in [4.78, 5) is 0. The summed E-state index contributed by atoms with van der Waals surface area (Å²) in [6.07, 6.45) is 7.29. The lowest BCUT2D eigenvalue weighted by atomic mass is 10.2. The van der Waals surface area contributed by atoms with Gasteiger partial charge in [0, 0.05) is 6.42 Å². The molecule has 0 unspecified atom stereocenters. The summed E-state index contributed by atoms with van der Waals surface area (Å²) < 4.78 is 1.03. The SMILES string of the molecule is C[N+](C)(C)CCC1=C=CC=C1. The number of allylic oxidation sites excluding steroid dienone is 2. The van der Waals surface area contributed by atoms with E-state index in [1.165, 1.54) is 12.1 Å². The molecule has 0 spiro atoms. The molecule has 0 saturated heterocycles. The van der Waals surface area contributed by atoms with Gasteiger partial charge in [0.05, 0.1) is 27.7 Å². The topological polar surface area (TPSA) is 0 Å². The van der Waals surface area contributed by atoms with Crippen LogP contribution >= 0.6 is 0 Å². The van der Waals surface area contributed by atoms with E-state index in [-0.39, 0.29) is 0 Å². The Labute approximate surface area is 68.9 Å². The Balaban J connectivity index is 2.34. The van der Waals surface area contributed by atoms with Gasteiger partial charge in [-0.25, -0.2) is 0 Å². The molecule has 1 aliphatic carbocycles. The highest BCUT2D eigenvalue weighted by Gasteiger charge is 2.07. The Morgan fingerprint density at radius 3 is 2.55 bits per heavy atom. The zero-order valence-electron chi connectivity index (χ0n) is 7.59. The summed E-state index contributed by atoms with van der Waals surface area (Å²) in [5, 5.41) is 0. The first-order chi connectivity index (χ1) is 5.08. The van der Waals surface area contributed by atoms with Crippen LogP contribution in [0.5, 0.6) is 0 Å². The lowest BCUT2D eigenvalue weighted by Crippen LogP contribution is -2.35. The second kappa shape index (κ2) is 3.08. The van der Waals surface area contributed by atoms with Crippen molar-refractivity contribution >= 4 is 0 Å². The van der Waals surface area contributed by atoms with Crippen molar-refractivity contribution in [3.63, 3.8) is 0 Å². The number of nitrogens with zero attached hydrogens (tertiary/aromatic N) is 1. The molecule has 1 rings (SSSR count). The largest absolute Gasteiger partial charge is 0.331 e. The predicted molar refractivity (Wildman–Crippen MR) is 48.3 cm³/mol. The number of rotatable bonds is 3. The average Bonchev–Trinajstić information content (AvgIpc) is 2.32. The standard InChI is InChI=1S/C10H16N/c1-11(2,3)9-8-10-6-4-5-7-10/h4-6H,8-9H2,1-3H3/q+1. The van der Waals surface area contributed by atoms with Gasteiger partial charge in [0.2, 0.25) is 0 Å². The minimum atomic E-state index is 1.03. The second-order valence-corrected chi connectivity index (χ2v) is 3.96. The highest BCUT2D eigenvalue weighted by atomic mass is 15.3. The molecule has 0 aromatic rings. The van der Waals surface area contributed by atoms with Crippen LogP contribution in [0.4, 0.5) is 0 Å². The van der Waals surface area contributed by atoms with Gasteiger partial charge in [-0.3, -0.25) is 0 Å². The van der Waals surface area contributed by atoms with Crippen molar-refractivity contribution in [3.8, 4) is 0 Å². The lowest BCUT2D eigenvalue weighted by Gasteiger charge is -2.23. The van der Waals surface area contributed by atoms with Crippen LogP contribution in [0.3, 0.4) is 0 Å². The molecular formula is C10H16N+. The molecule has 60 valence electrons. The highest BCUT2D eigenvalue weighted by Crippen LogP contribution is 2.08. The Hall–Kier alpha value is -0.780. The Morgan fingerprint density at radius 2 is 2.09 bits per heavy atom. The van der Waals surface area contributed by atoms with Gasteiger partial charge in [-0.1, -0.05) is 12.2 Å². The summed E-state index contributed by atoms with van der Waals surface area (Å²) in [6.45, 7) is 1.18. The van der Waals surface area contributed by atoms with Crippen molar-refractivity contribution in [3.05, 3.63) is 29.5 Å². The van der Waals surface area contributed by atoms with Gasteiger partial charge in [0.1, 0.15) is 0 Å². The molecule has 0 atom stereocenters. The van der Waals surface area contributed by atoms with E-state index in [0.29, 0.717) is 0 Å². The summed E-state index contributed by atoms with van der Waals surface area (Å²) in [5.41, 5.74) is 4.53. The van der Waals surface area contributed by atoms with E-state index < -0.39 is 0 Å². The van der Waals surface area contributed by atoms with E-state index in [1.807, 2.05) is 12.2 Å². The van der Waals surface area contributed by atoms with Crippen molar-refractivity contribution in [2.24, 2.45) is 0 Å². The first kappa shape index (κ1) is 8.32. The van der Waals surface area contributed by atoms with Crippen molar-refractivity contribution in [2.45, 2.75) is 6.42 Å². The predicted octanol–water partition coefficient (Wildman–Crippen LogP) is 1.73. The second-order valence-electron chi connectivity index (χ2n) is 3.96. The maximum atomic E-state index is 3.20. The van der Waals surface area contributed by atoms with Crippen molar-refractivity contribution in [2.75, 3.05) is 27.7 Å². The third-order valence-corrected chi connectivity index (χ3v) is 1.71. The first-order valence-corrected chi connectivity index (χ1v) is 4.01. The highest BCUT2D eigenvalue weighted by molar-refractivity contribution is 5.28. The molecule has 0 bridgehead atoms. The molecule has 0 aromatic heterocycles. The summed E-state index contributed by atoms with van der Waals surface area (Å²) in [6, 6.07) is 0. The van der Waals surface area contributed by atoms with Gasteiger partial charge < -0.3 is 4.48 Å². The zero-order valence-corrected chi connectivity index (χ0v) is 7.59. The number of hydrogen-bond donors (Lipinski definition) is 0. The monoisotopic (exact) mass is 150 g/mol. The maximum Gasteiger partial charge on any atom is 0.0827 e. The van der Waals surface area contributed by atoms with Gasteiger partial charge in [0.15, 0.2) is 0 Å². The minimum absolute atomic E-state index is 1.03. The summed E-state index contributed by atoms with van der Waals surface area (Å²) in [7, 11) is 6.63. The van der Waals surface area contributed by atoms with Gasteiger partial charge in [0.25, 0.3) is 0 Å². The van der Waals surface area contributed by atoms with Crippen LogP contribution in [0, 0.1) is 0 Å². The maximum absolute atomic E-state index is 3.20. The average molecular weight is 150 g/mol. The summed E-state index contributed by atoms with van der Waals surface area (Å²) in [5.74, 6) is 0. The van der Waals surface area contributed by atoms with Crippen LogP contribution < -0.4 is 0 Å². The molecule has 0 heterocycles. The molecule has 0 saturated carbocycles. The van der Waals surface area contributed by atoms with Crippen LogP contribution in [0.15, 0.2) is 29.5 Å². The molecular weight excluding hydrogens is 134 g/mol. The van der Waals surface area contributed by atoms with Crippen LogP contribution in [-0.4, -0.2) is 32.2 Å². The lowest BCUT2D eigenvalue weighted by molar-refractivity contribution is -0.870. The van der Waals surface area contributed by atoms with Crippen molar-refractivity contribution < 1.29 is 4.48 Å². The Morgan fingerprint density at radius 1 is 1.36 bits per heavy atom. The van der Waals surface area contributed by atoms with Crippen LogP contribution in [0.1, 0.15) is 6.42 Å². The molecule has 0 aromatic carbocycles. The molecule has 1 aliphatic rings. The molecule has 11 heavy (non-hydrogen) atoms. The quantitative estimate of drug-likeness (QED) is 0.424. The van der Waals surface area contributed by atoms with Crippen molar-refractivity contribution in [1.29, 1.82) is 0 Å². The van der Waals surface area contributed by atoms with Crippen LogP contribution in [0.25, 0.3) is 0 Å². The van der Waals surface area contributed by atoms with Gasteiger partial charge in [-0.15, -0.1) is 5.73 Å². The van der Waals surface area contributed by atoms with Crippen molar-refractivity contribution in [1.82, 2.24) is 0 Å². The van der Waals surface area contributed by atoms with E-state index in [1.54, 1.807) is 0 Å². The van der Waals surface area contributed by atoms with E-state index in [9.17, 15) is 0 Å². The van der Waals surface area contributed by atoms with Crippen LogP contribution in [0.2, 0.25) is 0 Å². The first-order valence-electron chi connectivity index (χ1n) is 4.01. The van der Waals surface area contributed by atoms with E-state index in [2.05, 4.69) is 33.0 Å². The van der Waals surface area contributed by atoms with Gasteiger partial charge in [-0.05, 0) is 11.6 Å². The molecule has 0 N–H and O–H groups in total. The fourth-order valence-corrected chi connectivity index (χ4v) is 0.979. The van der Waals surface area contributed by atoms with Crippen LogP contribution in [-0.2, 0) is 0 Å². The van der Waals surface area contributed by atoms with E-state index >= 15 is 0 Å². The molecule has 0 radical (unpaired) electrons. The zero-order chi connectivity index (χ0) is 8.32. The summed E-state index contributed by atoms with van der Waals surface area (Å²) >= 11 is 0. The third kappa shape index (κ3) is 3.22. The fourth-order valence-electron chi connectivity index (χ4n) is 0.979. The third-order valence-electron chi connectivity index (χ3n) is 1.71. The Bertz CT molecular complexity index is 222. The normalized spacial score (nSPS) is 15.7. The van der Waals surface area contributed by atoms with Gasteiger partial charge >= 0.3 is 0 Å². The molecule has 1 heteroatoms. The molecule has 1 nitrogen and oxygen atoms in total. The van der Waals surface area contributed by atoms with Gasteiger partial charge in [-0.2, -0.15) is 0 Å². The number of hydrogen-bond acceptors (Lipinski definition) is 0. The minimum Gasteiger partial charge on any atom is -0.331 e. The fraction of sp³-hybridized carbons (Fsp3) is 0.500. The molecule has 0 fully saturated rings. The Kier molecular flexibility index (Phi) is 2.33. The number of quaternary nitrogens is 1. The smallest absolute Gasteiger partial charge is 0.0827 e. The van der Waals surface area contributed by atoms with E-state index in [4.69, 9.17) is 0 Å². The molecule has 0 aliphatic heterocycles.